The van der Waals surface area contributed by atoms with Crippen molar-refractivity contribution in [1.29, 1.82) is 0 Å². The van der Waals surface area contributed by atoms with E-state index in [9.17, 15) is 4.39 Å². The maximum atomic E-state index is 12.3. The van der Waals surface area contributed by atoms with Gasteiger partial charge in [0.2, 0.25) is 0 Å². The van der Waals surface area contributed by atoms with Crippen LogP contribution < -0.4 is 0 Å². The van der Waals surface area contributed by atoms with Crippen LogP contribution in [0.3, 0.4) is 0 Å². The van der Waals surface area contributed by atoms with Gasteiger partial charge in [-0.3, -0.25) is 0 Å². The van der Waals surface area contributed by atoms with Crippen LogP contribution in [0, 0.1) is 5.92 Å². The fourth-order valence-corrected chi connectivity index (χ4v) is 0.698. The SMILES string of the molecule is CCCC(C)/C(F)=C/O. The van der Waals surface area contributed by atoms with Crippen LogP contribution in [0.1, 0.15) is 26.7 Å². The summed E-state index contributed by atoms with van der Waals surface area (Å²) in [7, 11) is 0. The third-order valence-corrected chi connectivity index (χ3v) is 1.32. The summed E-state index contributed by atoms with van der Waals surface area (Å²) >= 11 is 0. The molecule has 0 aromatic carbocycles. The summed E-state index contributed by atoms with van der Waals surface area (Å²) in [4.78, 5) is 0. The van der Waals surface area contributed by atoms with E-state index >= 15 is 0 Å². The Morgan fingerprint density at radius 1 is 1.78 bits per heavy atom. The minimum atomic E-state index is -0.420. The van der Waals surface area contributed by atoms with Gasteiger partial charge in [-0.05, 0) is 6.42 Å². The molecule has 0 radical (unpaired) electrons. The highest BCUT2D eigenvalue weighted by Gasteiger charge is 2.05. The summed E-state index contributed by atoms with van der Waals surface area (Å²) in [5.74, 6) is -0.545. The molecule has 1 N–H and O–H groups in total. The summed E-state index contributed by atoms with van der Waals surface area (Å²) < 4.78 is 12.3. The van der Waals surface area contributed by atoms with Gasteiger partial charge in [-0.2, -0.15) is 0 Å². The first kappa shape index (κ1) is 8.47. The highest BCUT2D eigenvalue weighted by atomic mass is 19.1. The zero-order valence-electron chi connectivity index (χ0n) is 5.89. The van der Waals surface area contributed by atoms with Gasteiger partial charge in [0, 0.05) is 5.92 Å². The molecule has 0 saturated carbocycles. The topological polar surface area (TPSA) is 20.2 Å². The molecule has 0 aliphatic carbocycles. The number of aliphatic hydroxyl groups is 1. The molecule has 0 amide bonds. The molecule has 54 valence electrons. The van der Waals surface area contributed by atoms with Gasteiger partial charge in [-0.1, -0.05) is 20.3 Å². The Kier molecular flexibility index (Phi) is 4.10. The lowest BCUT2D eigenvalue weighted by Gasteiger charge is -2.03. The second-order valence-electron chi connectivity index (χ2n) is 2.20. The van der Waals surface area contributed by atoms with Gasteiger partial charge < -0.3 is 5.11 Å². The van der Waals surface area contributed by atoms with Crippen LogP contribution in [-0.2, 0) is 0 Å². The van der Waals surface area contributed by atoms with Crippen LogP contribution in [0.5, 0.6) is 0 Å². The predicted octanol–water partition coefficient (Wildman–Crippen LogP) is 2.79. The first-order valence-electron chi connectivity index (χ1n) is 3.22. The van der Waals surface area contributed by atoms with E-state index in [1.165, 1.54) is 0 Å². The van der Waals surface area contributed by atoms with E-state index < -0.39 is 5.83 Å². The number of allylic oxidation sites excluding steroid dienone is 1. The summed E-state index contributed by atoms with van der Waals surface area (Å²) in [5, 5.41) is 8.19. The molecule has 0 saturated heterocycles. The molecule has 0 bridgehead atoms. The van der Waals surface area contributed by atoms with E-state index in [4.69, 9.17) is 5.11 Å². The summed E-state index contributed by atoms with van der Waals surface area (Å²) in [6, 6.07) is 0. The summed E-state index contributed by atoms with van der Waals surface area (Å²) in [5.41, 5.74) is 0. The molecule has 0 fully saturated rings. The Balaban J connectivity index is 3.59. The van der Waals surface area contributed by atoms with E-state index in [1.54, 1.807) is 6.92 Å². The van der Waals surface area contributed by atoms with Crippen LogP contribution in [0.2, 0.25) is 0 Å². The Morgan fingerprint density at radius 3 is 2.67 bits per heavy atom. The molecular weight excluding hydrogens is 119 g/mol. The molecule has 0 aromatic rings. The van der Waals surface area contributed by atoms with E-state index in [-0.39, 0.29) is 5.92 Å². The fourth-order valence-electron chi connectivity index (χ4n) is 0.698. The molecule has 0 aliphatic rings. The third kappa shape index (κ3) is 3.12. The number of hydrogen-bond donors (Lipinski definition) is 1. The zero-order valence-corrected chi connectivity index (χ0v) is 5.89. The summed E-state index contributed by atoms with van der Waals surface area (Å²) in [6.07, 6.45) is 2.28. The van der Waals surface area contributed by atoms with Gasteiger partial charge in [0.25, 0.3) is 0 Å². The maximum absolute atomic E-state index is 12.3. The minimum Gasteiger partial charge on any atom is -0.513 e. The molecule has 0 aliphatic heterocycles. The van der Waals surface area contributed by atoms with Gasteiger partial charge in [-0.15, -0.1) is 0 Å². The standard InChI is InChI=1S/C7H13FO/c1-3-4-6(2)7(8)5-9/h5-6,9H,3-4H2,1-2H3/b7-5-. The van der Waals surface area contributed by atoms with Gasteiger partial charge in [0.15, 0.2) is 0 Å². The average molecular weight is 132 g/mol. The normalized spacial score (nSPS) is 15.7. The van der Waals surface area contributed by atoms with Crippen molar-refractivity contribution >= 4 is 0 Å². The second kappa shape index (κ2) is 4.36. The number of halogens is 1. The lowest BCUT2D eigenvalue weighted by molar-refractivity contribution is 0.392. The van der Waals surface area contributed by atoms with Crippen LogP contribution in [-0.4, -0.2) is 5.11 Å². The second-order valence-corrected chi connectivity index (χ2v) is 2.20. The lowest BCUT2D eigenvalue weighted by atomic mass is 10.1. The lowest BCUT2D eigenvalue weighted by Crippen LogP contribution is -1.93. The highest BCUT2D eigenvalue weighted by Crippen LogP contribution is 2.15. The van der Waals surface area contributed by atoms with Crippen molar-refractivity contribution in [3.05, 3.63) is 12.1 Å². The molecule has 1 unspecified atom stereocenters. The van der Waals surface area contributed by atoms with Crippen LogP contribution in [0.4, 0.5) is 4.39 Å². The van der Waals surface area contributed by atoms with Gasteiger partial charge in [0.1, 0.15) is 12.1 Å². The average Bonchev–Trinajstić information content (AvgIpc) is 1.87. The van der Waals surface area contributed by atoms with Crippen LogP contribution in [0.25, 0.3) is 0 Å². The first-order chi connectivity index (χ1) is 4.22. The number of hydrogen-bond acceptors (Lipinski definition) is 1. The Bertz CT molecular complexity index is 99.1. The maximum Gasteiger partial charge on any atom is 0.137 e. The smallest absolute Gasteiger partial charge is 0.137 e. The van der Waals surface area contributed by atoms with Crippen molar-refractivity contribution < 1.29 is 9.50 Å². The number of aliphatic hydroxyl groups excluding tert-OH is 1. The summed E-state index contributed by atoms with van der Waals surface area (Å²) in [6.45, 7) is 3.74. The van der Waals surface area contributed by atoms with Crippen LogP contribution in [0.15, 0.2) is 12.1 Å². The molecule has 1 nitrogen and oxygen atoms in total. The Hall–Kier alpha value is -0.530. The molecule has 0 heterocycles. The van der Waals surface area contributed by atoms with E-state index in [2.05, 4.69) is 0 Å². The molecule has 0 aromatic heterocycles. The van der Waals surface area contributed by atoms with E-state index in [0.29, 0.717) is 6.26 Å². The van der Waals surface area contributed by atoms with E-state index in [1.807, 2.05) is 6.92 Å². The van der Waals surface area contributed by atoms with Crippen LogP contribution >= 0.6 is 0 Å². The quantitative estimate of drug-likeness (QED) is 0.585. The molecular formula is C7H13FO. The fraction of sp³-hybridized carbons (Fsp3) is 0.714. The van der Waals surface area contributed by atoms with Crippen molar-refractivity contribution in [2.75, 3.05) is 0 Å². The number of rotatable bonds is 3. The Morgan fingerprint density at radius 2 is 2.33 bits per heavy atom. The molecule has 1 atom stereocenters. The van der Waals surface area contributed by atoms with Crippen molar-refractivity contribution in [3.63, 3.8) is 0 Å². The van der Waals surface area contributed by atoms with E-state index in [0.717, 1.165) is 12.8 Å². The van der Waals surface area contributed by atoms with Crippen molar-refractivity contribution in [2.24, 2.45) is 5.92 Å². The third-order valence-electron chi connectivity index (χ3n) is 1.32. The van der Waals surface area contributed by atoms with Gasteiger partial charge in [0.05, 0.1) is 0 Å². The van der Waals surface area contributed by atoms with Crippen molar-refractivity contribution in [3.8, 4) is 0 Å². The van der Waals surface area contributed by atoms with Gasteiger partial charge >= 0.3 is 0 Å². The molecule has 2 heteroatoms. The zero-order chi connectivity index (χ0) is 7.28. The van der Waals surface area contributed by atoms with Crippen molar-refractivity contribution in [1.82, 2.24) is 0 Å². The van der Waals surface area contributed by atoms with Gasteiger partial charge in [-0.25, -0.2) is 4.39 Å². The largest absolute Gasteiger partial charge is 0.513 e. The molecule has 9 heavy (non-hydrogen) atoms. The minimum absolute atomic E-state index is 0.125. The monoisotopic (exact) mass is 132 g/mol. The van der Waals surface area contributed by atoms with Crippen molar-refractivity contribution in [2.45, 2.75) is 26.7 Å². The molecule has 0 spiro atoms. The highest BCUT2D eigenvalue weighted by molar-refractivity contribution is 4.89. The molecule has 0 rings (SSSR count). The first-order valence-corrected chi connectivity index (χ1v) is 3.22. The predicted molar refractivity (Wildman–Crippen MR) is 35.9 cm³/mol. The Labute approximate surface area is 55.2 Å².